The summed E-state index contributed by atoms with van der Waals surface area (Å²) in [6, 6.07) is 5.41. The fraction of sp³-hybridized carbons (Fsp3) is 0.333. The summed E-state index contributed by atoms with van der Waals surface area (Å²) in [4.78, 5) is 25.0. The van der Waals surface area contributed by atoms with Crippen molar-refractivity contribution in [1.82, 2.24) is 15.0 Å². The second-order valence-electron chi connectivity index (χ2n) is 4.92. The van der Waals surface area contributed by atoms with Gasteiger partial charge in [0.15, 0.2) is 5.16 Å². The second kappa shape index (κ2) is 6.22. The van der Waals surface area contributed by atoms with Crippen molar-refractivity contribution in [3.8, 4) is 0 Å². The maximum Gasteiger partial charge on any atom is 0.236 e. The van der Waals surface area contributed by atoms with Crippen LogP contribution in [0.25, 0.3) is 0 Å². The standard InChI is InChI=1S/C15H16N4OS/c1-10-11-5-4-6-12(11)18-15(17-10)21-9-14(20)19-13-7-2-3-8-16-13/h2-3,7-8H,4-6,9H2,1H3,(H,16,19,20). The topological polar surface area (TPSA) is 67.8 Å². The summed E-state index contributed by atoms with van der Waals surface area (Å²) in [5.41, 5.74) is 3.48. The highest BCUT2D eigenvalue weighted by molar-refractivity contribution is 7.99. The van der Waals surface area contributed by atoms with E-state index in [1.807, 2.05) is 19.1 Å². The van der Waals surface area contributed by atoms with Crippen molar-refractivity contribution in [2.24, 2.45) is 0 Å². The van der Waals surface area contributed by atoms with E-state index in [9.17, 15) is 4.79 Å². The summed E-state index contributed by atoms with van der Waals surface area (Å²) in [6.07, 6.45) is 4.90. The number of fused-ring (bicyclic) bond motifs is 1. The number of hydrogen-bond donors (Lipinski definition) is 1. The number of nitrogens with one attached hydrogen (secondary N) is 1. The molecule has 0 fully saturated rings. The second-order valence-corrected chi connectivity index (χ2v) is 5.86. The molecule has 0 spiro atoms. The third kappa shape index (κ3) is 3.39. The number of amides is 1. The summed E-state index contributed by atoms with van der Waals surface area (Å²) in [5, 5.41) is 3.44. The Kier molecular flexibility index (Phi) is 4.15. The molecule has 0 saturated carbocycles. The first-order valence-corrected chi connectivity index (χ1v) is 7.91. The van der Waals surface area contributed by atoms with E-state index in [1.165, 1.54) is 17.3 Å². The van der Waals surface area contributed by atoms with E-state index < -0.39 is 0 Å². The molecule has 0 unspecified atom stereocenters. The molecule has 0 aliphatic heterocycles. The molecular formula is C15H16N4OS. The van der Waals surface area contributed by atoms with Crippen LogP contribution in [0.2, 0.25) is 0 Å². The Morgan fingerprint density at radius 3 is 3.05 bits per heavy atom. The smallest absolute Gasteiger partial charge is 0.236 e. The van der Waals surface area contributed by atoms with Crippen LogP contribution < -0.4 is 5.32 Å². The van der Waals surface area contributed by atoms with Crippen LogP contribution in [0.5, 0.6) is 0 Å². The van der Waals surface area contributed by atoms with Crippen molar-refractivity contribution in [3.05, 3.63) is 41.3 Å². The van der Waals surface area contributed by atoms with Crippen LogP contribution in [0, 0.1) is 6.92 Å². The molecule has 5 nitrogen and oxygen atoms in total. The van der Waals surface area contributed by atoms with Crippen LogP contribution in [0.4, 0.5) is 5.82 Å². The van der Waals surface area contributed by atoms with Crippen LogP contribution in [0.3, 0.4) is 0 Å². The lowest BCUT2D eigenvalue weighted by molar-refractivity contribution is -0.113. The van der Waals surface area contributed by atoms with Crippen molar-refractivity contribution < 1.29 is 4.79 Å². The predicted octanol–water partition coefficient (Wildman–Crippen LogP) is 2.40. The molecule has 6 heteroatoms. The van der Waals surface area contributed by atoms with Gasteiger partial charge in [0.2, 0.25) is 5.91 Å². The van der Waals surface area contributed by atoms with E-state index in [2.05, 4.69) is 20.3 Å². The van der Waals surface area contributed by atoms with Gasteiger partial charge in [-0.15, -0.1) is 0 Å². The average Bonchev–Trinajstić information content (AvgIpc) is 2.95. The highest BCUT2D eigenvalue weighted by Crippen LogP contribution is 2.25. The Labute approximate surface area is 127 Å². The number of hydrogen-bond acceptors (Lipinski definition) is 5. The van der Waals surface area contributed by atoms with E-state index in [0.717, 1.165) is 30.7 Å². The van der Waals surface area contributed by atoms with Crippen molar-refractivity contribution in [2.75, 3.05) is 11.1 Å². The van der Waals surface area contributed by atoms with Crippen LogP contribution in [0.15, 0.2) is 29.6 Å². The maximum absolute atomic E-state index is 11.9. The molecule has 108 valence electrons. The minimum Gasteiger partial charge on any atom is -0.310 e. The molecule has 0 radical (unpaired) electrons. The molecule has 0 saturated heterocycles. The van der Waals surface area contributed by atoms with Gasteiger partial charge < -0.3 is 5.32 Å². The van der Waals surface area contributed by atoms with Gasteiger partial charge in [-0.25, -0.2) is 15.0 Å². The predicted molar refractivity (Wildman–Crippen MR) is 82.4 cm³/mol. The molecule has 1 N–H and O–H groups in total. The summed E-state index contributed by atoms with van der Waals surface area (Å²) >= 11 is 1.37. The third-order valence-electron chi connectivity index (χ3n) is 3.38. The van der Waals surface area contributed by atoms with E-state index >= 15 is 0 Å². The van der Waals surface area contributed by atoms with Crippen molar-refractivity contribution in [2.45, 2.75) is 31.3 Å². The van der Waals surface area contributed by atoms with Gasteiger partial charge in [0, 0.05) is 17.6 Å². The molecule has 2 aromatic rings. The van der Waals surface area contributed by atoms with Crippen molar-refractivity contribution in [3.63, 3.8) is 0 Å². The first kappa shape index (κ1) is 14.0. The molecule has 0 atom stereocenters. The molecule has 1 aliphatic rings. The number of pyridine rings is 1. The van der Waals surface area contributed by atoms with Crippen LogP contribution >= 0.6 is 11.8 Å². The summed E-state index contributed by atoms with van der Waals surface area (Å²) in [7, 11) is 0. The van der Waals surface area contributed by atoms with E-state index in [1.54, 1.807) is 12.3 Å². The Balaban J connectivity index is 1.60. The Bertz CT molecular complexity index is 660. The van der Waals surface area contributed by atoms with Gasteiger partial charge in [-0.05, 0) is 43.9 Å². The van der Waals surface area contributed by atoms with Gasteiger partial charge >= 0.3 is 0 Å². The molecule has 0 bridgehead atoms. The maximum atomic E-state index is 11.9. The number of carbonyl (C=O) groups excluding carboxylic acids is 1. The van der Waals surface area contributed by atoms with E-state index in [0.29, 0.717) is 11.0 Å². The van der Waals surface area contributed by atoms with Crippen LogP contribution in [0.1, 0.15) is 23.4 Å². The summed E-state index contributed by atoms with van der Waals surface area (Å²) in [5.74, 6) is 0.754. The minimum atomic E-state index is -0.0968. The zero-order chi connectivity index (χ0) is 14.7. The minimum absolute atomic E-state index is 0.0968. The molecule has 1 aliphatic carbocycles. The highest BCUT2D eigenvalue weighted by Gasteiger charge is 2.17. The lowest BCUT2D eigenvalue weighted by Gasteiger charge is -2.07. The number of aryl methyl sites for hydroxylation is 2. The monoisotopic (exact) mass is 300 g/mol. The number of thioether (sulfide) groups is 1. The zero-order valence-corrected chi connectivity index (χ0v) is 12.6. The number of rotatable bonds is 4. The van der Waals surface area contributed by atoms with Crippen molar-refractivity contribution >= 4 is 23.5 Å². The lowest BCUT2D eigenvalue weighted by Crippen LogP contribution is -2.15. The first-order chi connectivity index (χ1) is 10.2. The molecule has 21 heavy (non-hydrogen) atoms. The van der Waals surface area contributed by atoms with Gasteiger partial charge in [0.05, 0.1) is 5.75 Å². The van der Waals surface area contributed by atoms with Gasteiger partial charge in [-0.3, -0.25) is 4.79 Å². The van der Waals surface area contributed by atoms with Gasteiger partial charge in [0.25, 0.3) is 0 Å². The van der Waals surface area contributed by atoms with E-state index in [-0.39, 0.29) is 11.7 Å². The number of aromatic nitrogens is 3. The number of carbonyl (C=O) groups is 1. The zero-order valence-electron chi connectivity index (χ0n) is 11.8. The average molecular weight is 300 g/mol. The molecular weight excluding hydrogens is 284 g/mol. The van der Waals surface area contributed by atoms with Crippen molar-refractivity contribution in [1.29, 1.82) is 0 Å². The number of nitrogens with zero attached hydrogens (tertiary/aromatic N) is 3. The normalized spacial score (nSPS) is 13.0. The fourth-order valence-electron chi connectivity index (χ4n) is 2.40. The van der Waals surface area contributed by atoms with Crippen LogP contribution in [-0.2, 0) is 17.6 Å². The van der Waals surface area contributed by atoms with E-state index in [4.69, 9.17) is 0 Å². The highest BCUT2D eigenvalue weighted by atomic mass is 32.2. The molecule has 2 aromatic heterocycles. The third-order valence-corrected chi connectivity index (χ3v) is 4.23. The molecule has 0 aromatic carbocycles. The molecule has 1 amide bonds. The SMILES string of the molecule is Cc1nc(SCC(=O)Nc2ccccn2)nc2c1CCC2. The summed E-state index contributed by atoms with van der Waals surface area (Å²) < 4.78 is 0. The Morgan fingerprint density at radius 1 is 1.33 bits per heavy atom. The van der Waals surface area contributed by atoms with Gasteiger partial charge in [-0.1, -0.05) is 17.8 Å². The number of anilines is 1. The fourth-order valence-corrected chi connectivity index (χ4v) is 3.11. The summed E-state index contributed by atoms with van der Waals surface area (Å²) in [6.45, 7) is 2.02. The van der Waals surface area contributed by atoms with Crippen LogP contribution in [-0.4, -0.2) is 26.6 Å². The largest absolute Gasteiger partial charge is 0.310 e. The molecule has 3 rings (SSSR count). The van der Waals surface area contributed by atoms with Gasteiger partial charge in [0.1, 0.15) is 5.82 Å². The van der Waals surface area contributed by atoms with Gasteiger partial charge in [-0.2, -0.15) is 0 Å². The molecule has 2 heterocycles. The Hall–Kier alpha value is -1.95. The lowest BCUT2D eigenvalue weighted by atomic mass is 10.2. The Morgan fingerprint density at radius 2 is 2.24 bits per heavy atom. The quantitative estimate of drug-likeness (QED) is 0.693. The first-order valence-electron chi connectivity index (χ1n) is 6.92.